The molecule has 0 heterocycles. The van der Waals surface area contributed by atoms with E-state index < -0.39 is 0 Å². The molecule has 0 saturated carbocycles. The van der Waals surface area contributed by atoms with Crippen molar-refractivity contribution in [3.05, 3.63) is 65.5 Å². The summed E-state index contributed by atoms with van der Waals surface area (Å²) < 4.78 is 13.0. The van der Waals surface area contributed by atoms with Gasteiger partial charge in [-0.25, -0.2) is 9.38 Å². The lowest BCUT2D eigenvalue weighted by Crippen LogP contribution is -2.36. The monoisotopic (exact) mass is 370 g/mol. The second-order valence-electron chi connectivity index (χ2n) is 6.17. The number of aliphatic imine (C=N–C) groups is 1. The topological polar surface area (TPSA) is 65.5 Å². The van der Waals surface area contributed by atoms with Gasteiger partial charge in [0.25, 0.3) is 0 Å². The number of hydrogen-bond acceptors (Lipinski definition) is 2. The predicted octanol–water partition coefficient (Wildman–Crippen LogP) is 3.82. The van der Waals surface area contributed by atoms with Crippen LogP contribution in [-0.2, 0) is 17.9 Å². The van der Waals surface area contributed by atoms with Gasteiger partial charge < -0.3 is 16.0 Å². The SMILES string of the molecule is CCCC(=O)Nc1ccc(CN=C(NCC)NCc2ccc(F)cc2)cc1. The highest BCUT2D eigenvalue weighted by Gasteiger charge is 2.02. The average molecular weight is 370 g/mol. The molecule has 0 spiro atoms. The van der Waals surface area contributed by atoms with Gasteiger partial charge in [0.05, 0.1) is 6.54 Å². The third kappa shape index (κ3) is 7.48. The van der Waals surface area contributed by atoms with Crippen molar-refractivity contribution in [3.8, 4) is 0 Å². The summed E-state index contributed by atoms with van der Waals surface area (Å²) in [6, 6.07) is 14.1. The van der Waals surface area contributed by atoms with Crippen LogP contribution in [0.3, 0.4) is 0 Å². The largest absolute Gasteiger partial charge is 0.357 e. The van der Waals surface area contributed by atoms with Crippen molar-refractivity contribution in [2.24, 2.45) is 4.99 Å². The van der Waals surface area contributed by atoms with Crippen LogP contribution in [0.2, 0.25) is 0 Å². The Kier molecular flexibility index (Phi) is 8.29. The van der Waals surface area contributed by atoms with Crippen LogP contribution in [0.1, 0.15) is 37.8 Å². The first kappa shape index (κ1) is 20.4. The predicted molar refractivity (Wildman–Crippen MR) is 108 cm³/mol. The minimum atomic E-state index is -0.242. The first-order chi connectivity index (χ1) is 13.1. The van der Waals surface area contributed by atoms with Gasteiger partial charge in [0.2, 0.25) is 5.91 Å². The normalized spacial score (nSPS) is 11.1. The fraction of sp³-hybridized carbons (Fsp3) is 0.333. The Morgan fingerprint density at radius 3 is 2.26 bits per heavy atom. The zero-order valence-electron chi connectivity index (χ0n) is 15.9. The van der Waals surface area contributed by atoms with Crippen LogP contribution in [-0.4, -0.2) is 18.4 Å². The van der Waals surface area contributed by atoms with Crippen molar-refractivity contribution >= 4 is 17.6 Å². The highest BCUT2D eigenvalue weighted by molar-refractivity contribution is 5.90. The van der Waals surface area contributed by atoms with E-state index in [4.69, 9.17) is 0 Å². The summed E-state index contributed by atoms with van der Waals surface area (Å²) in [4.78, 5) is 16.2. The van der Waals surface area contributed by atoms with Crippen molar-refractivity contribution < 1.29 is 9.18 Å². The van der Waals surface area contributed by atoms with Crippen molar-refractivity contribution in [2.45, 2.75) is 39.8 Å². The molecule has 0 fully saturated rings. The maximum atomic E-state index is 13.0. The Balaban J connectivity index is 1.91. The Morgan fingerprint density at radius 1 is 0.963 bits per heavy atom. The van der Waals surface area contributed by atoms with Gasteiger partial charge >= 0.3 is 0 Å². The van der Waals surface area contributed by atoms with Crippen LogP contribution in [0.4, 0.5) is 10.1 Å². The lowest BCUT2D eigenvalue weighted by molar-refractivity contribution is -0.116. The Labute approximate surface area is 160 Å². The molecule has 6 heteroatoms. The van der Waals surface area contributed by atoms with Crippen LogP contribution in [0.25, 0.3) is 0 Å². The lowest BCUT2D eigenvalue weighted by Gasteiger charge is -2.11. The number of nitrogens with zero attached hydrogens (tertiary/aromatic N) is 1. The zero-order valence-corrected chi connectivity index (χ0v) is 15.9. The van der Waals surface area contributed by atoms with Gasteiger partial charge in [-0.3, -0.25) is 4.79 Å². The molecule has 2 aromatic carbocycles. The number of carbonyl (C=O) groups excluding carboxylic acids is 1. The fourth-order valence-corrected chi connectivity index (χ4v) is 2.44. The number of amides is 1. The Bertz CT molecular complexity index is 742. The maximum absolute atomic E-state index is 13.0. The van der Waals surface area contributed by atoms with E-state index >= 15 is 0 Å². The minimum Gasteiger partial charge on any atom is -0.357 e. The van der Waals surface area contributed by atoms with Gasteiger partial charge in [-0.05, 0) is 48.7 Å². The average Bonchev–Trinajstić information content (AvgIpc) is 2.66. The van der Waals surface area contributed by atoms with Crippen LogP contribution in [0.15, 0.2) is 53.5 Å². The van der Waals surface area contributed by atoms with E-state index in [-0.39, 0.29) is 11.7 Å². The van der Waals surface area contributed by atoms with Gasteiger partial charge in [-0.2, -0.15) is 0 Å². The summed E-state index contributed by atoms with van der Waals surface area (Å²) in [6.45, 7) is 5.81. The Morgan fingerprint density at radius 2 is 1.63 bits per heavy atom. The molecule has 5 nitrogen and oxygen atoms in total. The van der Waals surface area contributed by atoms with Crippen molar-refractivity contribution in [1.29, 1.82) is 0 Å². The molecule has 2 rings (SSSR count). The molecule has 0 aliphatic carbocycles. The smallest absolute Gasteiger partial charge is 0.224 e. The number of guanidine groups is 1. The summed E-state index contributed by atoms with van der Waals surface area (Å²) >= 11 is 0. The van der Waals surface area contributed by atoms with Crippen LogP contribution < -0.4 is 16.0 Å². The first-order valence-electron chi connectivity index (χ1n) is 9.26. The quantitative estimate of drug-likeness (QED) is 0.489. The number of benzene rings is 2. The van der Waals surface area contributed by atoms with E-state index in [1.165, 1.54) is 12.1 Å². The minimum absolute atomic E-state index is 0.0303. The van der Waals surface area contributed by atoms with Gasteiger partial charge in [0.1, 0.15) is 5.82 Å². The van der Waals surface area contributed by atoms with Crippen LogP contribution >= 0.6 is 0 Å². The fourth-order valence-electron chi connectivity index (χ4n) is 2.44. The van der Waals surface area contributed by atoms with E-state index in [0.29, 0.717) is 25.5 Å². The van der Waals surface area contributed by atoms with E-state index in [1.54, 1.807) is 12.1 Å². The van der Waals surface area contributed by atoms with Crippen molar-refractivity contribution in [2.75, 3.05) is 11.9 Å². The summed E-state index contributed by atoms with van der Waals surface area (Å²) in [5, 5.41) is 9.30. The molecular weight excluding hydrogens is 343 g/mol. The molecule has 0 radical (unpaired) electrons. The number of halogens is 1. The van der Waals surface area contributed by atoms with Gasteiger partial charge in [-0.15, -0.1) is 0 Å². The van der Waals surface area contributed by atoms with Gasteiger partial charge in [0, 0.05) is 25.2 Å². The summed E-state index contributed by atoms with van der Waals surface area (Å²) in [5.41, 5.74) is 2.82. The molecule has 144 valence electrons. The number of carbonyl (C=O) groups is 1. The second kappa shape index (κ2) is 11.0. The molecule has 0 unspecified atom stereocenters. The number of rotatable bonds is 8. The van der Waals surface area contributed by atoms with Gasteiger partial charge in [-0.1, -0.05) is 31.2 Å². The Hall–Kier alpha value is -2.89. The summed E-state index contributed by atoms with van der Waals surface area (Å²) in [6.07, 6.45) is 1.36. The van der Waals surface area contributed by atoms with E-state index in [2.05, 4.69) is 20.9 Å². The molecule has 0 saturated heterocycles. The number of hydrogen-bond donors (Lipinski definition) is 3. The van der Waals surface area contributed by atoms with E-state index in [1.807, 2.05) is 38.1 Å². The summed E-state index contributed by atoms with van der Waals surface area (Å²) in [7, 11) is 0. The zero-order chi connectivity index (χ0) is 19.5. The molecular formula is C21H27FN4O. The molecule has 3 N–H and O–H groups in total. The highest BCUT2D eigenvalue weighted by Crippen LogP contribution is 2.11. The van der Waals surface area contributed by atoms with Crippen LogP contribution in [0.5, 0.6) is 0 Å². The molecule has 0 atom stereocenters. The standard InChI is InChI=1S/C21H27FN4O/c1-3-5-20(27)26-19-12-8-17(9-13-19)15-25-21(23-4-2)24-14-16-6-10-18(22)11-7-16/h6-13H,3-5,14-15H2,1-2H3,(H,26,27)(H2,23,24,25). The van der Waals surface area contributed by atoms with Crippen molar-refractivity contribution in [1.82, 2.24) is 10.6 Å². The highest BCUT2D eigenvalue weighted by atomic mass is 19.1. The van der Waals surface area contributed by atoms with Crippen LogP contribution in [0, 0.1) is 5.82 Å². The van der Waals surface area contributed by atoms with Crippen molar-refractivity contribution in [3.63, 3.8) is 0 Å². The number of anilines is 1. The third-order valence-electron chi connectivity index (χ3n) is 3.85. The molecule has 1 amide bonds. The van der Waals surface area contributed by atoms with Gasteiger partial charge in [0.15, 0.2) is 5.96 Å². The van der Waals surface area contributed by atoms with E-state index in [9.17, 15) is 9.18 Å². The molecule has 2 aromatic rings. The molecule has 27 heavy (non-hydrogen) atoms. The summed E-state index contributed by atoms with van der Waals surface area (Å²) in [5.74, 6) is 0.485. The molecule has 0 aliphatic rings. The lowest BCUT2D eigenvalue weighted by atomic mass is 10.2. The third-order valence-corrected chi connectivity index (χ3v) is 3.85. The molecule has 0 aromatic heterocycles. The molecule has 0 bridgehead atoms. The maximum Gasteiger partial charge on any atom is 0.224 e. The van der Waals surface area contributed by atoms with E-state index in [0.717, 1.165) is 29.8 Å². The number of nitrogens with one attached hydrogen (secondary N) is 3. The molecule has 0 aliphatic heterocycles. The second-order valence-corrected chi connectivity index (χ2v) is 6.17. The first-order valence-corrected chi connectivity index (χ1v) is 9.26.